The molecule has 1 aromatic heterocycles. The molecule has 0 radical (unpaired) electrons. The number of amides is 1. The first kappa shape index (κ1) is 22.1. The molecule has 2 rings (SSSR count). The van der Waals surface area contributed by atoms with E-state index in [1.165, 1.54) is 9.88 Å². The molecule has 0 aromatic carbocycles. The Bertz CT molecular complexity index is 549. The van der Waals surface area contributed by atoms with Gasteiger partial charge in [0.1, 0.15) is 0 Å². The second-order valence-corrected chi connectivity index (χ2v) is 7.05. The van der Waals surface area contributed by atoms with Crippen molar-refractivity contribution in [1.29, 1.82) is 0 Å². The number of guanidine groups is 1. The minimum absolute atomic E-state index is 0. The number of aryl methyl sites for hydroxylation is 1. The summed E-state index contributed by atoms with van der Waals surface area (Å²) < 4.78 is 0. The Labute approximate surface area is 171 Å². The lowest BCUT2D eigenvalue weighted by molar-refractivity contribution is -0.127. The molecular weight excluding hydrogens is 449 g/mol. The molecule has 142 valence electrons. The van der Waals surface area contributed by atoms with Crippen LogP contribution in [0.15, 0.2) is 11.2 Å². The van der Waals surface area contributed by atoms with Gasteiger partial charge in [0.15, 0.2) is 5.96 Å². The van der Waals surface area contributed by atoms with E-state index in [2.05, 4.69) is 34.5 Å². The van der Waals surface area contributed by atoms with Crippen LogP contribution in [0.3, 0.4) is 0 Å². The molecule has 6 nitrogen and oxygen atoms in total. The van der Waals surface area contributed by atoms with Crippen LogP contribution in [0.4, 0.5) is 0 Å². The van der Waals surface area contributed by atoms with Crippen LogP contribution in [-0.4, -0.2) is 54.5 Å². The van der Waals surface area contributed by atoms with E-state index in [-0.39, 0.29) is 24.0 Å². The van der Waals surface area contributed by atoms with Gasteiger partial charge in [0.2, 0.25) is 5.91 Å². The topological polar surface area (TPSA) is 69.6 Å². The normalized spacial score (nSPS) is 14.6. The number of rotatable bonds is 9. The fourth-order valence-corrected chi connectivity index (χ4v) is 3.51. The first-order valence-electron chi connectivity index (χ1n) is 8.96. The van der Waals surface area contributed by atoms with Crippen molar-refractivity contribution in [3.8, 4) is 0 Å². The molecule has 8 heteroatoms. The number of carbonyl (C=O) groups is 1. The Hall–Kier alpha value is -0.900. The van der Waals surface area contributed by atoms with Crippen LogP contribution in [0.1, 0.15) is 43.0 Å². The molecule has 0 spiro atoms. The standard InChI is InChI=1S/C17H29N5OS.HI/c1-3-14-13-21-15(24-14)8-10-20-17(18-4-2)19-9-6-12-22-11-5-7-16(22)23;/h13H,3-12H2,1-2H3,(H2,18,19,20);1H. The maximum absolute atomic E-state index is 11.6. The van der Waals surface area contributed by atoms with E-state index in [1.807, 2.05) is 11.1 Å². The third-order valence-electron chi connectivity index (χ3n) is 3.95. The molecule has 2 heterocycles. The Kier molecular flexibility index (Phi) is 11.0. The summed E-state index contributed by atoms with van der Waals surface area (Å²) >= 11 is 1.78. The third kappa shape index (κ3) is 7.89. The number of nitrogens with zero attached hydrogens (tertiary/aromatic N) is 3. The highest BCUT2D eigenvalue weighted by molar-refractivity contribution is 14.0. The van der Waals surface area contributed by atoms with Crippen molar-refractivity contribution < 1.29 is 4.79 Å². The summed E-state index contributed by atoms with van der Waals surface area (Å²) in [6, 6.07) is 0. The molecule has 0 bridgehead atoms. The molecule has 1 aliphatic rings. The van der Waals surface area contributed by atoms with E-state index in [0.717, 1.165) is 64.4 Å². The second kappa shape index (κ2) is 12.5. The van der Waals surface area contributed by atoms with Crippen molar-refractivity contribution in [3.63, 3.8) is 0 Å². The van der Waals surface area contributed by atoms with Gasteiger partial charge in [-0.15, -0.1) is 35.3 Å². The van der Waals surface area contributed by atoms with Crippen LogP contribution in [0, 0.1) is 0 Å². The van der Waals surface area contributed by atoms with E-state index in [4.69, 9.17) is 0 Å². The lowest BCUT2D eigenvalue weighted by atomic mass is 10.4. The Morgan fingerprint density at radius 1 is 1.40 bits per heavy atom. The summed E-state index contributed by atoms with van der Waals surface area (Å²) in [6.45, 7) is 8.35. The predicted octanol–water partition coefficient (Wildman–Crippen LogP) is 2.43. The highest BCUT2D eigenvalue weighted by atomic mass is 127. The van der Waals surface area contributed by atoms with Gasteiger partial charge in [-0.25, -0.2) is 4.98 Å². The number of thiazole rings is 1. The lowest BCUT2D eigenvalue weighted by Crippen LogP contribution is -2.38. The van der Waals surface area contributed by atoms with Crippen LogP contribution in [0.25, 0.3) is 0 Å². The Morgan fingerprint density at radius 2 is 2.24 bits per heavy atom. The molecule has 1 amide bonds. The van der Waals surface area contributed by atoms with E-state index in [1.54, 1.807) is 11.3 Å². The molecule has 1 saturated heterocycles. The maximum Gasteiger partial charge on any atom is 0.222 e. The summed E-state index contributed by atoms with van der Waals surface area (Å²) in [7, 11) is 0. The average Bonchev–Trinajstić information content (AvgIpc) is 3.20. The smallest absolute Gasteiger partial charge is 0.222 e. The number of hydrogen-bond donors (Lipinski definition) is 2. The van der Waals surface area contributed by atoms with Crippen molar-refractivity contribution in [2.24, 2.45) is 4.99 Å². The van der Waals surface area contributed by atoms with Crippen molar-refractivity contribution in [2.45, 2.75) is 46.0 Å². The summed E-state index contributed by atoms with van der Waals surface area (Å²) in [4.78, 5) is 23.9. The van der Waals surface area contributed by atoms with E-state index < -0.39 is 0 Å². The number of aliphatic imine (C=N–C) groups is 1. The molecule has 0 aliphatic carbocycles. The Balaban J connectivity index is 0.00000312. The molecular formula is C17H30IN5OS. The highest BCUT2D eigenvalue weighted by Crippen LogP contribution is 2.13. The highest BCUT2D eigenvalue weighted by Gasteiger charge is 2.18. The SMILES string of the molecule is CCNC(=NCCCN1CCCC1=O)NCCc1ncc(CC)s1.I. The molecule has 2 N–H and O–H groups in total. The van der Waals surface area contributed by atoms with Gasteiger partial charge in [0, 0.05) is 56.6 Å². The minimum Gasteiger partial charge on any atom is -0.357 e. The predicted molar refractivity (Wildman–Crippen MR) is 115 cm³/mol. The van der Waals surface area contributed by atoms with Crippen molar-refractivity contribution in [1.82, 2.24) is 20.5 Å². The lowest BCUT2D eigenvalue weighted by Gasteiger charge is -2.15. The monoisotopic (exact) mass is 479 g/mol. The minimum atomic E-state index is 0. The zero-order valence-electron chi connectivity index (χ0n) is 15.2. The van der Waals surface area contributed by atoms with Crippen LogP contribution >= 0.6 is 35.3 Å². The first-order valence-corrected chi connectivity index (χ1v) is 9.78. The molecule has 0 atom stereocenters. The molecule has 1 aliphatic heterocycles. The number of halogens is 1. The average molecular weight is 479 g/mol. The van der Waals surface area contributed by atoms with E-state index >= 15 is 0 Å². The molecule has 0 saturated carbocycles. The summed E-state index contributed by atoms with van der Waals surface area (Å²) in [6.07, 6.45) is 6.56. The quantitative estimate of drug-likeness (QED) is 0.247. The summed E-state index contributed by atoms with van der Waals surface area (Å²) in [5.41, 5.74) is 0. The zero-order chi connectivity index (χ0) is 17.2. The van der Waals surface area contributed by atoms with Gasteiger partial charge in [0.05, 0.1) is 5.01 Å². The van der Waals surface area contributed by atoms with Crippen molar-refractivity contribution >= 4 is 47.2 Å². The molecule has 0 unspecified atom stereocenters. The third-order valence-corrected chi connectivity index (χ3v) is 5.15. The summed E-state index contributed by atoms with van der Waals surface area (Å²) in [5, 5.41) is 7.79. The number of carbonyl (C=O) groups excluding carboxylic acids is 1. The Morgan fingerprint density at radius 3 is 2.88 bits per heavy atom. The molecule has 1 aromatic rings. The van der Waals surface area contributed by atoms with E-state index in [9.17, 15) is 4.79 Å². The van der Waals surface area contributed by atoms with Crippen LogP contribution in [-0.2, 0) is 17.6 Å². The fraction of sp³-hybridized carbons (Fsp3) is 0.706. The van der Waals surface area contributed by atoms with Crippen molar-refractivity contribution in [2.75, 3.05) is 32.7 Å². The maximum atomic E-state index is 11.6. The van der Waals surface area contributed by atoms with Gasteiger partial charge in [0.25, 0.3) is 0 Å². The first-order chi connectivity index (χ1) is 11.7. The van der Waals surface area contributed by atoms with Gasteiger partial charge in [-0.3, -0.25) is 9.79 Å². The van der Waals surface area contributed by atoms with Gasteiger partial charge >= 0.3 is 0 Å². The molecule has 1 fully saturated rings. The van der Waals surface area contributed by atoms with Crippen LogP contribution in [0.2, 0.25) is 0 Å². The zero-order valence-corrected chi connectivity index (χ0v) is 18.4. The number of nitrogens with one attached hydrogen (secondary N) is 2. The number of hydrogen-bond acceptors (Lipinski definition) is 4. The van der Waals surface area contributed by atoms with Crippen LogP contribution in [0.5, 0.6) is 0 Å². The summed E-state index contributed by atoms with van der Waals surface area (Å²) in [5.74, 6) is 1.14. The molecule has 25 heavy (non-hydrogen) atoms. The van der Waals surface area contributed by atoms with Crippen molar-refractivity contribution in [3.05, 3.63) is 16.1 Å². The number of aromatic nitrogens is 1. The van der Waals surface area contributed by atoms with Crippen LogP contribution < -0.4 is 10.6 Å². The van der Waals surface area contributed by atoms with Gasteiger partial charge in [-0.05, 0) is 26.2 Å². The van der Waals surface area contributed by atoms with Gasteiger partial charge < -0.3 is 15.5 Å². The number of likely N-dealkylation sites (tertiary alicyclic amines) is 1. The van der Waals surface area contributed by atoms with Gasteiger partial charge in [-0.1, -0.05) is 6.92 Å². The largest absolute Gasteiger partial charge is 0.357 e. The fourth-order valence-electron chi connectivity index (χ4n) is 2.65. The van der Waals surface area contributed by atoms with Gasteiger partial charge in [-0.2, -0.15) is 0 Å². The second-order valence-electron chi connectivity index (χ2n) is 5.85. The van der Waals surface area contributed by atoms with E-state index in [0.29, 0.717) is 12.3 Å².